The molecule has 0 aliphatic heterocycles. The van der Waals surface area contributed by atoms with Crippen LogP contribution in [-0.2, 0) is 9.59 Å². The highest BCUT2D eigenvalue weighted by molar-refractivity contribution is 5.92. The minimum absolute atomic E-state index is 0.0480. The summed E-state index contributed by atoms with van der Waals surface area (Å²) < 4.78 is 18.1. The molecule has 0 saturated heterocycles. The Kier molecular flexibility index (Phi) is 6.34. The van der Waals surface area contributed by atoms with Crippen molar-refractivity contribution in [1.82, 2.24) is 5.32 Å². The second-order valence-electron chi connectivity index (χ2n) is 6.00. The summed E-state index contributed by atoms with van der Waals surface area (Å²) in [7, 11) is 1.41. The summed E-state index contributed by atoms with van der Waals surface area (Å²) in [6.45, 7) is 5.92. The van der Waals surface area contributed by atoms with E-state index in [0.29, 0.717) is 18.7 Å². The van der Waals surface area contributed by atoms with E-state index in [9.17, 15) is 14.0 Å². The van der Waals surface area contributed by atoms with Crippen LogP contribution in [0.5, 0.6) is 5.75 Å². The lowest BCUT2D eigenvalue weighted by Crippen LogP contribution is -2.35. The number of hydrogen-bond donors (Lipinski definition) is 2. The molecule has 0 spiro atoms. The van der Waals surface area contributed by atoms with E-state index in [1.165, 1.54) is 25.3 Å². The average molecular weight is 310 g/mol. The Balaban J connectivity index is 2.40. The number of amides is 2. The van der Waals surface area contributed by atoms with Gasteiger partial charge >= 0.3 is 0 Å². The molecular weight excluding hydrogens is 287 g/mol. The molecule has 0 unspecified atom stereocenters. The molecule has 0 aliphatic rings. The molecule has 0 aromatic heterocycles. The summed E-state index contributed by atoms with van der Waals surface area (Å²) >= 11 is 0. The fourth-order valence-corrected chi connectivity index (χ4v) is 1.70. The van der Waals surface area contributed by atoms with Crippen LogP contribution < -0.4 is 15.4 Å². The Hall–Kier alpha value is -2.11. The van der Waals surface area contributed by atoms with Crippen LogP contribution in [0.2, 0.25) is 0 Å². The summed E-state index contributed by atoms with van der Waals surface area (Å²) in [5.41, 5.74) is -0.0170. The van der Waals surface area contributed by atoms with Crippen LogP contribution in [0, 0.1) is 11.2 Å². The lowest BCUT2D eigenvalue weighted by Gasteiger charge is -2.17. The number of methoxy groups -OCH3 is 1. The second kappa shape index (κ2) is 7.77. The van der Waals surface area contributed by atoms with Crippen molar-refractivity contribution in [2.75, 3.05) is 19.0 Å². The van der Waals surface area contributed by atoms with Gasteiger partial charge in [0.1, 0.15) is 11.6 Å². The highest BCUT2D eigenvalue weighted by Gasteiger charge is 2.20. The molecule has 1 aromatic carbocycles. The number of hydrogen-bond acceptors (Lipinski definition) is 3. The van der Waals surface area contributed by atoms with Crippen molar-refractivity contribution in [3.05, 3.63) is 24.0 Å². The van der Waals surface area contributed by atoms with Crippen LogP contribution >= 0.6 is 0 Å². The molecular formula is C16H23FN2O3. The molecule has 122 valence electrons. The summed E-state index contributed by atoms with van der Waals surface area (Å²) in [6.07, 6.45) is 0.780. The van der Waals surface area contributed by atoms with Gasteiger partial charge in [0.05, 0.1) is 12.8 Å². The molecule has 0 aliphatic carbocycles. The summed E-state index contributed by atoms with van der Waals surface area (Å²) in [4.78, 5) is 23.5. The third-order valence-electron chi connectivity index (χ3n) is 2.99. The van der Waals surface area contributed by atoms with Gasteiger partial charge in [0.15, 0.2) is 0 Å². The smallest absolute Gasteiger partial charge is 0.225 e. The van der Waals surface area contributed by atoms with Crippen molar-refractivity contribution in [3.63, 3.8) is 0 Å². The molecule has 0 saturated carbocycles. The molecule has 2 N–H and O–H groups in total. The van der Waals surface area contributed by atoms with Crippen LogP contribution in [0.4, 0.5) is 10.1 Å². The Bertz CT molecular complexity index is 539. The fourth-order valence-electron chi connectivity index (χ4n) is 1.70. The zero-order chi connectivity index (χ0) is 16.8. The standard InChI is InChI=1S/C16H23FN2O3/c1-16(2,3)15(21)18-9-5-6-14(20)19-12-8-7-11(17)10-13(12)22-4/h7-8,10H,5-6,9H2,1-4H3,(H,18,21)(H,19,20). The summed E-state index contributed by atoms with van der Waals surface area (Å²) in [6, 6.07) is 3.91. The summed E-state index contributed by atoms with van der Waals surface area (Å²) in [5, 5.41) is 5.44. The number of carbonyl (C=O) groups is 2. The van der Waals surface area contributed by atoms with E-state index in [1.807, 2.05) is 20.8 Å². The van der Waals surface area contributed by atoms with Gasteiger partial charge in [-0.2, -0.15) is 0 Å². The van der Waals surface area contributed by atoms with Gasteiger partial charge in [-0.1, -0.05) is 20.8 Å². The predicted octanol–water partition coefficient (Wildman–Crippen LogP) is 2.72. The van der Waals surface area contributed by atoms with Gasteiger partial charge in [-0.15, -0.1) is 0 Å². The zero-order valence-electron chi connectivity index (χ0n) is 13.5. The maximum absolute atomic E-state index is 13.1. The van der Waals surface area contributed by atoms with Crippen molar-refractivity contribution in [3.8, 4) is 5.75 Å². The molecule has 2 amide bonds. The molecule has 22 heavy (non-hydrogen) atoms. The van der Waals surface area contributed by atoms with Gasteiger partial charge in [0.2, 0.25) is 11.8 Å². The van der Waals surface area contributed by atoms with Crippen molar-refractivity contribution >= 4 is 17.5 Å². The molecule has 0 atom stereocenters. The molecule has 5 nitrogen and oxygen atoms in total. The van der Waals surface area contributed by atoms with E-state index in [0.717, 1.165) is 0 Å². The zero-order valence-corrected chi connectivity index (χ0v) is 13.5. The van der Waals surface area contributed by atoms with E-state index in [2.05, 4.69) is 10.6 Å². The Morgan fingerprint density at radius 1 is 1.27 bits per heavy atom. The van der Waals surface area contributed by atoms with Gasteiger partial charge < -0.3 is 15.4 Å². The predicted molar refractivity (Wildman–Crippen MR) is 83.3 cm³/mol. The lowest BCUT2D eigenvalue weighted by atomic mass is 9.96. The molecule has 0 radical (unpaired) electrons. The van der Waals surface area contributed by atoms with Gasteiger partial charge in [-0.05, 0) is 18.6 Å². The Labute approximate surface area is 130 Å². The van der Waals surface area contributed by atoms with Crippen LogP contribution in [0.25, 0.3) is 0 Å². The van der Waals surface area contributed by atoms with E-state index < -0.39 is 11.2 Å². The van der Waals surface area contributed by atoms with Crippen molar-refractivity contribution < 1.29 is 18.7 Å². The third-order valence-corrected chi connectivity index (χ3v) is 2.99. The minimum Gasteiger partial charge on any atom is -0.494 e. The van der Waals surface area contributed by atoms with Gasteiger partial charge in [0.25, 0.3) is 0 Å². The van der Waals surface area contributed by atoms with Crippen LogP contribution in [-0.4, -0.2) is 25.5 Å². The second-order valence-corrected chi connectivity index (χ2v) is 6.00. The first kappa shape index (κ1) is 17.9. The quantitative estimate of drug-likeness (QED) is 0.794. The average Bonchev–Trinajstić information content (AvgIpc) is 2.44. The van der Waals surface area contributed by atoms with Crippen LogP contribution in [0.15, 0.2) is 18.2 Å². The number of carbonyl (C=O) groups excluding carboxylic acids is 2. The van der Waals surface area contributed by atoms with Crippen LogP contribution in [0.3, 0.4) is 0 Å². The summed E-state index contributed by atoms with van der Waals surface area (Å²) in [5.74, 6) is -0.419. The third kappa shape index (κ3) is 5.71. The maximum atomic E-state index is 13.1. The number of benzene rings is 1. The Morgan fingerprint density at radius 3 is 2.55 bits per heavy atom. The monoisotopic (exact) mass is 310 g/mol. The Morgan fingerprint density at radius 2 is 1.95 bits per heavy atom. The molecule has 1 rings (SSSR count). The van der Waals surface area contributed by atoms with Gasteiger partial charge in [-0.3, -0.25) is 9.59 Å². The van der Waals surface area contributed by atoms with E-state index in [4.69, 9.17) is 4.74 Å². The molecule has 1 aromatic rings. The van der Waals surface area contributed by atoms with Crippen LogP contribution in [0.1, 0.15) is 33.6 Å². The van der Waals surface area contributed by atoms with Crippen molar-refractivity contribution in [2.45, 2.75) is 33.6 Å². The molecule has 6 heteroatoms. The number of rotatable bonds is 6. The first-order valence-corrected chi connectivity index (χ1v) is 7.15. The SMILES string of the molecule is COc1cc(F)ccc1NC(=O)CCCNC(=O)C(C)(C)C. The fraction of sp³-hybridized carbons (Fsp3) is 0.500. The van der Waals surface area contributed by atoms with Gasteiger partial charge in [-0.25, -0.2) is 4.39 Å². The normalized spacial score (nSPS) is 11.0. The topological polar surface area (TPSA) is 67.4 Å². The maximum Gasteiger partial charge on any atom is 0.225 e. The van der Waals surface area contributed by atoms with E-state index in [-0.39, 0.29) is 24.0 Å². The number of anilines is 1. The van der Waals surface area contributed by atoms with E-state index >= 15 is 0 Å². The largest absolute Gasteiger partial charge is 0.494 e. The first-order valence-electron chi connectivity index (χ1n) is 7.15. The number of nitrogens with one attached hydrogen (secondary N) is 2. The number of ether oxygens (including phenoxy) is 1. The molecule has 0 heterocycles. The molecule has 0 fully saturated rings. The highest BCUT2D eigenvalue weighted by atomic mass is 19.1. The van der Waals surface area contributed by atoms with Crippen molar-refractivity contribution in [2.24, 2.45) is 5.41 Å². The highest BCUT2D eigenvalue weighted by Crippen LogP contribution is 2.25. The van der Waals surface area contributed by atoms with E-state index in [1.54, 1.807) is 0 Å². The lowest BCUT2D eigenvalue weighted by molar-refractivity contribution is -0.128. The minimum atomic E-state index is -0.441. The molecule has 0 bridgehead atoms. The first-order chi connectivity index (χ1) is 10.2. The number of halogens is 1. The van der Waals surface area contributed by atoms with Crippen molar-refractivity contribution in [1.29, 1.82) is 0 Å². The van der Waals surface area contributed by atoms with Gasteiger partial charge in [0, 0.05) is 24.4 Å².